The Labute approximate surface area is 187 Å². The van der Waals surface area contributed by atoms with E-state index < -0.39 is 23.4 Å². The van der Waals surface area contributed by atoms with E-state index in [0.717, 1.165) is 12.0 Å². The van der Waals surface area contributed by atoms with E-state index in [1.807, 2.05) is 0 Å². The van der Waals surface area contributed by atoms with Crippen molar-refractivity contribution in [1.29, 1.82) is 0 Å². The Morgan fingerprint density at radius 2 is 2.06 bits per heavy atom. The lowest BCUT2D eigenvalue weighted by Gasteiger charge is -2.26. The number of nitrogens with zero attached hydrogens (tertiary/aromatic N) is 2. The summed E-state index contributed by atoms with van der Waals surface area (Å²) < 4.78 is 14.6. The van der Waals surface area contributed by atoms with Gasteiger partial charge in [-0.25, -0.2) is 9.07 Å². The van der Waals surface area contributed by atoms with E-state index in [1.165, 1.54) is 22.9 Å². The second-order valence-corrected chi connectivity index (χ2v) is 8.12. The van der Waals surface area contributed by atoms with Crippen molar-refractivity contribution in [3.63, 3.8) is 0 Å². The van der Waals surface area contributed by atoms with Gasteiger partial charge in [0.05, 0.1) is 23.8 Å². The second-order valence-electron chi connectivity index (χ2n) is 7.76. The van der Waals surface area contributed by atoms with Crippen LogP contribution in [0.15, 0.2) is 35.1 Å². The number of fused-ring (bicyclic) bond motifs is 1. The molecule has 1 aliphatic carbocycles. The predicted octanol–water partition coefficient (Wildman–Crippen LogP) is 2.63. The molecule has 1 unspecified atom stereocenters. The molecule has 3 aromatic rings. The number of rotatable bonds is 5. The third-order valence-corrected chi connectivity index (χ3v) is 5.95. The first-order valence-electron chi connectivity index (χ1n) is 10.1. The number of hydrogen-bond acceptors (Lipinski definition) is 4. The first-order chi connectivity index (χ1) is 15.2. The molecular formula is C22H21ClFN5O3. The van der Waals surface area contributed by atoms with Gasteiger partial charge in [-0.1, -0.05) is 23.7 Å². The van der Waals surface area contributed by atoms with Crippen LogP contribution in [0.1, 0.15) is 62.1 Å². The summed E-state index contributed by atoms with van der Waals surface area (Å²) in [4.78, 5) is 39.4. The van der Waals surface area contributed by atoms with E-state index in [-0.39, 0.29) is 28.6 Å². The molecule has 1 aliphatic rings. The molecule has 1 aromatic carbocycles. The number of aryl methyl sites for hydroxylation is 2. The first-order valence-corrected chi connectivity index (χ1v) is 10.5. The summed E-state index contributed by atoms with van der Waals surface area (Å²) in [7, 11) is 0. The fourth-order valence-electron chi connectivity index (χ4n) is 3.98. The zero-order valence-corrected chi connectivity index (χ0v) is 18.0. The van der Waals surface area contributed by atoms with Crippen LogP contribution in [-0.4, -0.2) is 26.6 Å². The maximum Gasteiger partial charge on any atom is 0.261 e. The maximum atomic E-state index is 13.2. The molecule has 0 aliphatic heterocycles. The maximum absolute atomic E-state index is 13.2. The van der Waals surface area contributed by atoms with Crippen LogP contribution in [0.5, 0.6) is 0 Å². The van der Waals surface area contributed by atoms with Crippen molar-refractivity contribution in [1.82, 2.24) is 20.1 Å². The number of primary amides is 1. The third-order valence-electron chi connectivity index (χ3n) is 5.56. The van der Waals surface area contributed by atoms with Crippen LogP contribution in [0.4, 0.5) is 4.39 Å². The predicted molar refractivity (Wildman–Crippen MR) is 116 cm³/mol. The summed E-state index contributed by atoms with van der Waals surface area (Å²) in [6, 6.07) is 6.97. The Hall–Kier alpha value is -3.46. The smallest absolute Gasteiger partial charge is 0.261 e. The molecule has 2 heterocycles. The van der Waals surface area contributed by atoms with Gasteiger partial charge >= 0.3 is 0 Å². The minimum atomic E-state index is -0.828. The highest BCUT2D eigenvalue weighted by Crippen LogP contribution is 2.30. The van der Waals surface area contributed by atoms with E-state index in [9.17, 15) is 18.8 Å². The fraction of sp³-hybridized carbons (Fsp3) is 0.273. The van der Waals surface area contributed by atoms with Crippen molar-refractivity contribution < 1.29 is 14.0 Å². The molecule has 10 heteroatoms. The number of hydrogen-bond donors (Lipinski definition) is 3. The van der Waals surface area contributed by atoms with Crippen molar-refractivity contribution in [2.45, 2.75) is 38.8 Å². The SMILES string of the molecule is Cc1nn(Cc2ccc(F)cc2)c(Cl)c1C(=O)NC1CCCc2[nH]c(=O)c(C(N)=O)cc21. The minimum absolute atomic E-state index is 0.147. The number of aromatic nitrogens is 3. The lowest BCUT2D eigenvalue weighted by Crippen LogP contribution is -2.34. The zero-order chi connectivity index (χ0) is 23.0. The van der Waals surface area contributed by atoms with Crippen molar-refractivity contribution in [2.24, 2.45) is 5.73 Å². The molecule has 0 saturated carbocycles. The van der Waals surface area contributed by atoms with Gasteiger partial charge in [-0.3, -0.25) is 14.4 Å². The number of pyridine rings is 1. The van der Waals surface area contributed by atoms with E-state index in [2.05, 4.69) is 15.4 Å². The number of halogens is 2. The number of aromatic amines is 1. The van der Waals surface area contributed by atoms with Crippen LogP contribution in [0.2, 0.25) is 5.15 Å². The van der Waals surface area contributed by atoms with Gasteiger partial charge in [0, 0.05) is 5.69 Å². The summed E-state index contributed by atoms with van der Waals surface area (Å²) in [6.07, 6.45) is 2.01. The fourth-order valence-corrected chi connectivity index (χ4v) is 4.30. The van der Waals surface area contributed by atoms with Crippen LogP contribution < -0.4 is 16.6 Å². The van der Waals surface area contributed by atoms with Crippen LogP contribution in [0, 0.1) is 12.7 Å². The average molecular weight is 458 g/mol. The molecule has 4 N–H and O–H groups in total. The molecular weight excluding hydrogens is 437 g/mol. The van der Waals surface area contributed by atoms with Crippen LogP contribution >= 0.6 is 11.6 Å². The number of nitrogens with two attached hydrogens (primary N) is 1. The first kappa shape index (κ1) is 21.8. The number of amides is 2. The van der Waals surface area contributed by atoms with E-state index in [1.54, 1.807) is 19.1 Å². The molecule has 8 nitrogen and oxygen atoms in total. The van der Waals surface area contributed by atoms with Gasteiger partial charge in [0.25, 0.3) is 17.4 Å². The molecule has 1 atom stereocenters. The molecule has 2 aromatic heterocycles. The molecule has 0 radical (unpaired) electrons. The van der Waals surface area contributed by atoms with Crippen molar-refractivity contribution >= 4 is 23.4 Å². The minimum Gasteiger partial charge on any atom is -0.365 e. The average Bonchev–Trinajstić information content (AvgIpc) is 3.02. The number of H-pyrrole nitrogens is 1. The quantitative estimate of drug-likeness (QED) is 0.545. The Balaban J connectivity index is 1.60. The molecule has 32 heavy (non-hydrogen) atoms. The van der Waals surface area contributed by atoms with Gasteiger partial charge in [-0.2, -0.15) is 5.10 Å². The summed E-state index contributed by atoms with van der Waals surface area (Å²) >= 11 is 6.47. The Morgan fingerprint density at radius 3 is 2.75 bits per heavy atom. The summed E-state index contributed by atoms with van der Waals surface area (Å²) in [5.41, 5.74) is 7.42. The van der Waals surface area contributed by atoms with Gasteiger partial charge in [-0.15, -0.1) is 0 Å². The Morgan fingerprint density at radius 1 is 1.34 bits per heavy atom. The standard InChI is InChI=1S/C22H21ClFN5O3/c1-11-18(19(23)29(28-11)10-12-5-7-13(24)8-6-12)22(32)27-17-4-2-3-16-14(17)9-15(20(25)30)21(31)26-16/h5-9,17H,2-4,10H2,1H3,(H2,25,30)(H,26,31)(H,27,32). The number of carbonyl (C=O) groups excluding carboxylic acids is 2. The summed E-state index contributed by atoms with van der Waals surface area (Å²) in [6.45, 7) is 1.96. The van der Waals surface area contributed by atoms with Gasteiger partial charge in [0.15, 0.2) is 0 Å². The molecule has 0 spiro atoms. The number of nitrogens with one attached hydrogen (secondary N) is 2. The lowest BCUT2D eigenvalue weighted by molar-refractivity contribution is 0.0931. The molecule has 4 rings (SSSR count). The van der Waals surface area contributed by atoms with E-state index >= 15 is 0 Å². The van der Waals surface area contributed by atoms with Crippen LogP contribution in [0.25, 0.3) is 0 Å². The lowest BCUT2D eigenvalue weighted by atomic mass is 9.90. The molecule has 0 bridgehead atoms. The monoisotopic (exact) mass is 457 g/mol. The second kappa shape index (κ2) is 8.58. The van der Waals surface area contributed by atoms with Gasteiger partial charge < -0.3 is 16.0 Å². The van der Waals surface area contributed by atoms with E-state index in [0.29, 0.717) is 29.8 Å². The van der Waals surface area contributed by atoms with Gasteiger partial charge in [0.1, 0.15) is 16.5 Å². The van der Waals surface area contributed by atoms with Crippen molar-refractivity contribution in [3.05, 3.63) is 85.3 Å². The molecule has 0 fully saturated rings. The molecule has 0 saturated heterocycles. The highest BCUT2D eigenvalue weighted by atomic mass is 35.5. The zero-order valence-electron chi connectivity index (χ0n) is 17.2. The Kier molecular flexibility index (Phi) is 5.84. The van der Waals surface area contributed by atoms with Gasteiger partial charge in [-0.05, 0) is 55.5 Å². The van der Waals surface area contributed by atoms with Crippen molar-refractivity contribution in [3.8, 4) is 0 Å². The van der Waals surface area contributed by atoms with E-state index in [4.69, 9.17) is 17.3 Å². The highest BCUT2D eigenvalue weighted by Gasteiger charge is 2.28. The highest BCUT2D eigenvalue weighted by molar-refractivity contribution is 6.33. The third kappa shape index (κ3) is 4.16. The number of carbonyl (C=O) groups is 2. The topological polar surface area (TPSA) is 123 Å². The summed E-state index contributed by atoms with van der Waals surface area (Å²) in [5, 5.41) is 7.47. The molecule has 166 valence electrons. The Bertz CT molecular complexity index is 1270. The van der Waals surface area contributed by atoms with Gasteiger partial charge in [0.2, 0.25) is 0 Å². The number of benzene rings is 1. The van der Waals surface area contributed by atoms with Crippen molar-refractivity contribution in [2.75, 3.05) is 0 Å². The van der Waals surface area contributed by atoms with Crippen LogP contribution in [-0.2, 0) is 13.0 Å². The summed E-state index contributed by atoms with van der Waals surface area (Å²) in [5.74, 6) is -1.58. The largest absolute Gasteiger partial charge is 0.365 e. The molecule has 2 amide bonds. The normalized spacial score (nSPS) is 15.3. The van der Waals surface area contributed by atoms with Crippen LogP contribution in [0.3, 0.4) is 0 Å².